The van der Waals surface area contributed by atoms with E-state index in [9.17, 15) is 18.0 Å². The Kier molecular flexibility index (Phi) is 6.90. The lowest BCUT2D eigenvalue weighted by Crippen LogP contribution is -2.37. The number of carbonyl (C=O) groups is 1. The van der Waals surface area contributed by atoms with Crippen LogP contribution in [0.1, 0.15) is 32.7 Å². The molecule has 4 aromatic rings. The summed E-state index contributed by atoms with van der Waals surface area (Å²) in [6.07, 6.45) is -1.53. The van der Waals surface area contributed by atoms with E-state index in [1.54, 1.807) is 48.9 Å². The number of aromatic nitrogens is 5. The fourth-order valence-corrected chi connectivity index (χ4v) is 5.01. The molecule has 1 N–H and O–H groups in total. The number of benzene rings is 2. The largest absolute Gasteiger partial charge is 0.497 e. The van der Waals surface area contributed by atoms with Gasteiger partial charge in [0.15, 0.2) is 5.69 Å². The van der Waals surface area contributed by atoms with E-state index in [1.165, 1.54) is 24.3 Å². The number of carbonyl (C=O) groups excluding carboxylic acids is 1. The van der Waals surface area contributed by atoms with Gasteiger partial charge >= 0.3 is 6.18 Å². The van der Waals surface area contributed by atoms with Gasteiger partial charge in [0.25, 0.3) is 5.91 Å². The van der Waals surface area contributed by atoms with Crippen LogP contribution in [0.25, 0.3) is 11.1 Å². The van der Waals surface area contributed by atoms with Crippen molar-refractivity contribution in [1.29, 1.82) is 5.41 Å². The molecule has 0 unspecified atom stereocenters. The van der Waals surface area contributed by atoms with Crippen molar-refractivity contribution in [1.82, 2.24) is 29.0 Å². The SMILES string of the molecule is COc1cc(CN2CCc3c(cc(Cn4cnn(C)c4=N)cc3-c3cn(C)nc3C(F)(F)F)C2=O)cc(OC)c1. The first kappa shape index (κ1) is 27.0. The van der Waals surface area contributed by atoms with Gasteiger partial charge in [-0.05, 0) is 52.9 Å². The van der Waals surface area contributed by atoms with E-state index < -0.39 is 11.9 Å². The van der Waals surface area contributed by atoms with Gasteiger partial charge in [0.2, 0.25) is 5.62 Å². The van der Waals surface area contributed by atoms with Gasteiger partial charge in [0.05, 0.1) is 20.8 Å². The highest BCUT2D eigenvalue weighted by Gasteiger charge is 2.39. The van der Waals surface area contributed by atoms with E-state index >= 15 is 0 Å². The molecule has 1 aliphatic heterocycles. The number of nitrogens with one attached hydrogen (secondary N) is 1. The zero-order valence-corrected chi connectivity index (χ0v) is 22.4. The number of alkyl halides is 3. The van der Waals surface area contributed by atoms with Crippen molar-refractivity contribution >= 4 is 5.91 Å². The number of nitrogens with zero attached hydrogens (tertiary/aromatic N) is 6. The van der Waals surface area contributed by atoms with Gasteiger partial charge in [-0.1, -0.05) is 0 Å². The summed E-state index contributed by atoms with van der Waals surface area (Å²) >= 11 is 0. The van der Waals surface area contributed by atoms with Crippen LogP contribution in [0, 0.1) is 5.41 Å². The first-order valence-electron chi connectivity index (χ1n) is 12.4. The van der Waals surface area contributed by atoms with Crippen LogP contribution in [0.4, 0.5) is 13.2 Å². The number of methoxy groups -OCH3 is 2. The third-order valence-corrected chi connectivity index (χ3v) is 6.93. The Labute approximate surface area is 227 Å². The van der Waals surface area contributed by atoms with Crippen molar-refractivity contribution < 1.29 is 27.4 Å². The first-order chi connectivity index (χ1) is 19.0. The second-order valence-electron chi connectivity index (χ2n) is 9.64. The highest BCUT2D eigenvalue weighted by molar-refractivity contribution is 5.99. The molecule has 10 nitrogen and oxygen atoms in total. The quantitative estimate of drug-likeness (QED) is 0.377. The van der Waals surface area contributed by atoms with Crippen molar-refractivity contribution in [3.05, 3.63) is 76.4 Å². The fourth-order valence-electron chi connectivity index (χ4n) is 5.01. The molecule has 0 radical (unpaired) electrons. The van der Waals surface area contributed by atoms with Gasteiger partial charge in [-0.25, -0.2) is 4.68 Å². The predicted octanol–water partition coefficient (Wildman–Crippen LogP) is 3.38. The average Bonchev–Trinajstić information content (AvgIpc) is 3.47. The summed E-state index contributed by atoms with van der Waals surface area (Å²) in [6, 6.07) is 8.71. The van der Waals surface area contributed by atoms with Crippen LogP contribution in [0.2, 0.25) is 0 Å². The highest BCUT2D eigenvalue weighted by atomic mass is 19.4. The maximum atomic E-state index is 14.0. The van der Waals surface area contributed by atoms with E-state index in [-0.39, 0.29) is 30.2 Å². The highest BCUT2D eigenvalue weighted by Crippen LogP contribution is 2.40. The summed E-state index contributed by atoms with van der Waals surface area (Å²) in [4.78, 5) is 15.5. The fraction of sp³-hybridized carbons (Fsp3) is 0.333. The molecule has 210 valence electrons. The zero-order valence-electron chi connectivity index (χ0n) is 22.4. The van der Waals surface area contributed by atoms with E-state index in [2.05, 4.69) is 10.2 Å². The third-order valence-electron chi connectivity index (χ3n) is 6.93. The lowest BCUT2D eigenvalue weighted by Gasteiger charge is -2.31. The predicted molar refractivity (Wildman–Crippen MR) is 138 cm³/mol. The molecule has 5 rings (SSSR count). The molecule has 0 saturated heterocycles. The Balaban J connectivity index is 1.60. The molecule has 1 amide bonds. The Bertz CT molecular complexity index is 1630. The lowest BCUT2D eigenvalue weighted by molar-refractivity contribution is -0.140. The van der Waals surface area contributed by atoms with Crippen molar-refractivity contribution in [2.45, 2.75) is 25.7 Å². The van der Waals surface area contributed by atoms with Crippen LogP contribution in [-0.4, -0.2) is 55.7 Å². The summed E-state index contributed by atoms with van der Waals surface area (Å²) in [5.74, 6) is 0.866. The summed E-state index contributed by atoms with van der Waals surface area (Å²) in [6.45, 7) is 0.725. The molecule has 2 aromatic heterocycles. The van der Waals surface area contributed by atoms with E-state index in [0.29, 0.717) is 46.7 Å². The summed E-state index contributed by atoms with van der Waals surface area (Å²) in [5.41, 5.74) is 1.53. The Hall–Kier alpha value is -4.55. The third kappa shape index (κ3) is 5.06. The number of aryl methyl sites for hydroxylation is 2. The van der Waals surface area contributed by atoms with Gasteiger partial charge in [-0.2, -0.15) is 23.4 Å². The molecule has 0 aliphatic carbocycles. The number of hydrogen-bond acceptors (Lipinski definition) is 6. The number of fused-ring (bicyclic) bond motifs is 1. The normalized spacial score (nSPS) is 13.5. The van der Waals surface area contributed by atoms with Crippen molar-refractivity contribution in [2.24, 2.45) is 14.1 Å². The van der Waals surface area contributed by atoms with Crippen molar-refractivity contribution in [2.75, 3.05) is 20.8 Å². The molecule has 2 aromatic carbocycles. The molecule has 3 heterocycles. The molecule has 0 spiro atoms. The van der Waals surface area contributed by atoms with Gasteiger partial charge in [0.1, 0.15) is 17.8 Å². The van der Waals surface area contributed by atoms with E-state index in [4.69, 9.17) is 14.9 Å². The van der Waals surface area contributed by atoms with Gasteiger partial charge in [-0.3, -0.25) is 19.5 Å². The van der Waals surface area contributed by atoms with Crippen molar-refractivity contribution in [3.63, 3.8) is 0 Å². The van der Waals surface area contributed by atoms with E-state index in [1.807, 2.05) is 12.1 Å². The van der Waals surface area contributed by atoms with E-state index in [0.717, 1.165) is 10.2 Å². The number of hydrogen-bond donors (Lipinski definition) is 1. The standard InChI is InChI=1S/C27H28F3N7O3/c1-34-14-23(24(33-34)27(28,29)30)21-9-17(13-37-15-32-35(2)26(37)31)10-22-20(21)5-6-36(25(22)38)12-16-7-18(39-3)11-19(8-16)40-4/h7-11,14-15,31H,5-6,12-13H2,1-4H3. The zero-order chi connectivity index (χ0) is 28.8. The summed E-state index contributed by atoms with van der Waals surface area (Å²) in [5, 5.41) is 16.0. The average molecular weight is 556 g/mol. The molecule has 0 bridgehead atoms. The number of halogens is 3. The molecule has 1 aliphatic rings. The van der Waals surface area contributed by atoms with Crippen LogP contribution in [0.3, 0.4) is 0 Å². The van der Waals surface area contributed by atoms with Crippen LogP contribution >= 0.6 is 0 Å². The van der Waals surface area contributed by atoms with Gasteiger partial charge in [0, 0.05) is 50.6 Å². The van der Waals surface area contributed by atoms with Crippen LogP contribution in [-0.2, 0) is 39.8 Å². The lowest BCUT2D eigenvalue weighted by atomic mass is 9.88. The molecule has 40 heavy (non-hydrogen) atoms. The smallest absolute Gasteiger partial charge is 0.435 e. The van der Waals surface area contributed by atoms with Gasteiger partial charge in [-0.15, -0.1) is 0 Å². The topological polar surface area (TPSA) is 103 Å². The second-order valence-corrected chi connectivity index (χ2v) is 9.64. The van der Waals surface area contributed by atoms with Crippen LogP contribution < -0.4 is 15.1 Å². The minimum atomic E-state index is -4.68. The van der Waals surface area contributed by atoms with Crippen LogP contribution in [0.5, 0.6) is 11.5 Å². The van der Waals surface area contributed by atoms with Gasteiger partial charge < -0.3 is 14.4 Å². The Morgan fingerprint density at radius 3 is 2.20 bits per heavy atom. The summed E-state index contributed by atoms with van der Waals surface area (Å²) < 4.78 is 56.7. The first-order valence-corrected chi connectivity index (χ1v) is 12.4. The Morgan fingerprint density at radius 2 is 1.60 bits per heavy atom. The number of amides is 1. The monoisotopic (exact) mass is 555 g/mol. The van der Waals surface area contributed by atoms with Crippen LogP contribution in [0.15, 0.2) is 42.9 Å². The molecule has 13 heteroatoms. The molecule has 0 fully saturated rings. The Morgan fingerprint density at radius 1 is 0.950 bits per heavy atom. The molecular weight excluding hydrogens is 527 g/mol. The van der Waals surface area contributed by atoms with Crippen molar-refractivity contribution in [3.8, 4) is 22.6 Å². The molecule has 0 atom stereocenters. The minimum Gasteiger partial charge on any atom is -0.497 e. The molecular formula is C27H28F3N7O3. The number of ether oxygens (including phenoxy) is 2. The second kappa shape index (κ2) is 10.2. The maximum Gasteiger partial charge on any atom is 0.435 e. The minimum absolute atomic E-state index is 0.0887. The maximum absolute atomic E-state index is 14.0. The molecule has 0 saturated carbocycles. The number of rotatable bonds is 7. The summed E-state index contributed by atoms with van der Waals surface area (Å²) in [7, 11) is 6.14.